The number of rotatable bonds is 5. The zero-order valence-electron chi connectivity index (χ0n) is 15.2. The van der Waals surface area contributed by atoms with Crippen LogP contribution in [0.2, 0.25) is 0 Å². The third-order valence-electron chi connectivity index (χ3n) is 4.50. The van der Waals surface area contributed by atoms with Crippen LogP contribution in [0.4, 0.5) is 22.7 Å². The second-order valence-electron chi connectivity index (χ2n) is 6.50. The summed E-state index contributed by atoms with van der Waals surface area (Å²) in [7, 11) is 4.04. The molecule has 1 heterocycles. The highest BCUT2D eigenvalue weighted by atomic mass is 32.2. The fourth-order valence-corrected chi connectivity index (χ4v) is 3.34. The fraction of sp³-hybridized carbons (Fsp3) is 0.368. The summed E-state index contributed by atoms with van der Waals surface area (Å²) in [5.74, 6) is 0. The maximum Gasteiger partial charge on any atom is 0.0970 e. The Morgan fingerprint density at radius 3 is 1.77 bits per heavy atom. The summed E-state index contributed by atoms with van der Waals surface area (Å²) in [5, 5.41) is 8.65. The first kappa shape index (κ1) is 19.1. The van der Waals surface area contributed by atoms with E-state index in [2.05, 4.69) is 62.3 Å². The minimum absolute atomic E-state index is 0.0201. The van der Waals surface area contributed by atoms with E-state index >= 15 is 0 Å². The molecule has 0 saturated carbocycles. The van der Waals surface area contributed by atoms with Crippen LogP contribution in [-0.4, -0.2) is 49.9 Å². The van der Waals surface area contributed by atoms with Crippen molar-refractivity contribution < 1.29 is 0 Å². The number of nitrogens with zero attached hydrogens (tertiary/aromatic N) is 5. The average Bonchev–Trinajstić information content (AvgIpc) is 2.67. The lowest BCUT2D eigenvalue weighted by Gasteiger charge is -2.37. The Balaban J connectivity index is 1.59. The van der Waals surface area contributed by atoms with Gasteiger partial charge < -0.3 is 9.80 Å². The molecule has 1 aliphatic heterocycles. The number of hydrogen-bond acceptors (Lipinski definition) is 7. The molecule has 2 aromatic carbocycles. The molecular weight excluding hydrogens is 362 g/mol. The normalized spacial score (nSPS) is 15.8. The highest BCUT2D eigenvalue weighted by Crippen LogP contribution is 2.24. The molecule has 3 rings (SSSR count). The van der Waals surface area contributed by atoms with Gasteiger partial charge in [0.05, 0.1) is 16.1 Å². The van der Waals surface area contributed by atoms with E-state index in [-0.39, 0.29) is 4.71 Å². The highest BCUT2D eigenvalue weighted by molar-refractivity contribution is 7.99. The Morgan fingerprint density at radius 2 is 1.31 bits per heavy atom. The van der Waals surface area contributed by atoms with E-state index in [1.165, 1.54) is 5.69 Å². The largest absolute Gasteiger partial charge is 0.378 e. The standard InChI is InChI=1S/C19H25N5S2/c1-22(2)17-7-3-15(4-8-17)20-21-16-5-9-18(10-6-16)23-11-13-24(14-12-23)19(25)26/h3-10,19,25-26H,11-14H2,1-2H3. The molecule has 1 aliphatic rings. The van der Waals surface area contributed by atoms with Crippen molar-refractivity contribution in [3.8, 4) is 0 Å². The molecule has 1 saturated heterocycles. The van der Waals surface area contributed by atoms with Crippen LogP contribution in [0, 0.1) is 0 Å². The molecule has 7 heteroatoms. The van der Waals surface area contributed by atoms with E-state index in [1.54, 1.807) is 0 Å². The molecule has 0 N–H and O–H groups in total. The topological polar surface area (TPSA) is 34.4 Å². The molecule has 0 atom stereocenters. The summed E-state index contributed by atoms with van der Waals surface area (Å²) >= 11 is 8.77. The lowest BCUT2D eigenvalue weighted by Crippen LogP contribution is -2.47. The molecule has 1 fully saturated rings. The predicted molar refractivity (Wildman–Crippen MR) is 117 cm³/mol. The van der Waals surface area contributed by atoms with Crippen molar-refractivity contribution in [3.05, 3.63) is 48.5 Å². The van der Waals surface area contributed by atoms with Gasteiger partial charge in [-0.15, -0.1) is 25.3 Å². The zero-order valence-corrected chi connectivity index (χ0v) is 16.9. The van der Waals surface area contributed by atoms with E-state index < -0.39 is 0 Å². The van der Waals surface area contributed by atoms with Gasteiger partial charge in [0.1, 0.15) is 0 Å². The van der Waals surface area contributed by atoms with Crippen LogP contribution >= 0.6 is 25.3 Å². The van der Waals surface area contributed by atoms with Gasteiger partial charge in [0.15, 0.2) is 0 Å². The molecule has 2 aromatic rings. The van der Waals surface area contributed by atoms with Gasteiger partial charge in [-0.25, -0.2) is 0 Å². The van der Waals surface area contributed by atoms with Gasteiger partial charge in [-0.2, -0.15) is 10.2 Å². The van der Waals surface area contributed by atoms with Gasteiger partial charge in [0, 0.05) is 51.6 Å². The van der Waals surface area contributed by atoms with E-state index in [0.29, 0.717) is 0 Å². The summed E-state index contributed by atoms with van der Waals surface area (Å²) in [5.41, 5.74) is 4.07. The van der Waals surface area contributed by atoms with E-state index in [9.17, 15) is 0 Å². The second-order valence-corrected chi connectivity index (χ2v) is 7.88. The number of piperazine rings is 1. The molecule has 0 unspecified atom stereocenters. The van der Waals surface area contributed by atoms with E-state index in [1.807, 2.05) is 50.5 Å². The maximum atomic E-state index is 4.39. The molecule has 0 bridgehead atoms. The van der Waals surface area contributed by atoms with Gasteiger partial charge in [0.25, 0.3) is 0 Å². The minimum atomic E-state index is 0.0201. The lowest BCUT2D eigenvalue weighted by molar-refractivity contribution is 0.287. The Kier molecular flexibility index (Phi) is 6.45. The second kappa shape index (κ2) is 8.79. The molecule has 5 nitrogen and oxygen atoms in total. The van der Waals surface area contributed by atoms with Crippen molar-refractivity contribution in [2.24, 2.45) is 10.2 Å². The number of azo groups is 1. The molecule has 0 amide bonds. The summed E-state index contributed by atoms with van der Waals surface area (Å²) in [4.78, 5) is 6.69. The van der Waals surface area contributed by atoms with Gasteiger partial charge in [0.2, 0.25) is 0 Å². The predicted octanol–water partition coefficient (Wildman–Crippen LogP) is 4.43. The van der Waals surface area contributed by atoms with Crippen molar-refractivity contribution in [2.45, 2.75) is 4.71 Å². The van der Waals surface area contributed by atoms with Gasteiger partial charge >= 0.3 is 0 Å². The van der Waals surface area contributed by atoms with Crippen LogP contribution in [0.1, 0.15) is 0 Å². The first-order valence-corrected chi connectivity index (χ1v) is 9.70. The maximum absolute atomic E-state index is 4.39. The van der Waals surface area contributed by atoms with Gasteiger partial charge in [-0.3, -0.25) is 4.90 Å². The van der Waals surface area contributed by atoms with Crippen molar-refractivity contribution in [2.75, 3.05) is 50.1 Å². The van der Waals surface area contributed by atoms with Crippen molar-refractivity contribution in [1.29, 1.82) is 0 Å². The number of anilines is 2. The quantitative estimate of drug-likeness (QED) is 0.452. The monoisotopic (exact) mass is 387 g/mol. The lowest BCUT2D eigenvalue weighted by atomic mass is 10.2. The van der Waals surface area contributed by atoms with Crippen LogP contribution in [0.3, 0.4) is 0 Å². The Labute approximate surface area is 166 Å². The van der Waals surface area contributed by atoms with Crippen LogP contribution in [0.5, 0.6) is 0 Å². The molecular formula is C19H25N5S2. The number of benzene rings is 2. The summed E-state index contributed by atoms with van der Waals surface area (Å²) < 4.78 is 0.0201. The Hall–Kier alpha value is -1.70. The Morgan fingerprint density at radius 1 is 0.808 bits per heavy atom. The van der Waals surface area contributed by atoms with Crippen LogP contribution in [-0.2, 0) is 0 Å². The molecule has 0 aromatic heterocycles. The van der Waals surface area contributed by atoms with Crippen molar-refractivity contribution >= 4 is 48.0 Å². The van der Waals surface area contributed by atoms with Gasteiger partial charge in [-0.05, 0) is 48.5 Å². The minimum Gasteiger partial charge on any atom is -0.378 e. The third-order valence-corrected chi connectivity index (χ3v) is 5.16. The third kappa shape index (κ3) is 4.93. The zero-order chi connectivity index (χ0) is 18.5. The number of thiol groups is 2. The van der Waals surface area contributed by atoms with Crippen molar-refractivity contribution in [1.82, 2.24) is 4.90 Å². The van der Waals surface area contributed by atoms with E-state index in [0.717, 1.165) is 43.2 Å². The highest BCUT2D eigenvalue weighted by Gasteiger charge is 2.19. The summed E-state index contributed by atoms with van der Waals surface area (Å²) in [6.45, 7) is 3.91. The van der Waals surface area contributed by atoms with E-state index in [4.69, 9.17) is 0 Å². The molecule has 138 valence electrons. The van der Waals surface area contributed by atoms with Gasteiger partial charge in [-0.1, -0.05) is 0 Å². The Bertz CT molecular complexity index is 721. The van der Waals surface area contributed by atoms with Crippen molar-refractivity contribution in [3.63, 3.8) is 0 Å². The molecule has 0 spiro atoms. The molecule has 26 heavy (non-hydrogen) atoms. The smallest absolute Gasteiger partial charge is 0.0970 e. The molecule has 0 radical (unpaired) electrons. The average molecular weight is 388 g/mol. The first-order chi connectivity index (χ1) is 12.5. The molecule has 0 aliphatic carbocycles. The summed E-state index contributed by atoms with van der Waals surface area (Å²) in [6.07, 6.45) is 0. The number of hydrogen-bond donors (Lipinski definition) is 2. The SMILES string of the molecule is CN(C)c1ccc(N=Nc2ccc(N3CCN(C(S)S)CC3)cc2)cc1. The van der Waals surface area contributed by atoms with Crippen LogP contribution in [0.25, 0.3) is 0 Å². The first-order valence-electron chi connectivity index (χ1n) is 8.67. The van der Waals surface area contributed by atoms with Crippen LogP contribution < -0.4 is 9.80 Å². The fourth-order valence-electron chi connectivity index (χ4n) is 2.87. The van der Waals surface area contributed by atoms with Crippen LogP contribution in [0.15, 0.2) is 58.8 Å². The summed E-state index contributed by atoms with van der Waals surface area (Å²) in [6, 6.07) is 16.3.